The largest absolute Gasteiger partial charge is 0.418 e. The lowest BCUT2D eigenvalue weighted by atomic mass is 10.1. The fraction of sp³-hybridized carbons (Fsp3) is 0.273. The molecule has 1 amide bonds. The molecule has 1 aromatic heterocycles. The Bertz CT molecular complexity index is 1200. The Kier molecular flexibility index (Phi) is 5.88. The number of piperazine rings is 1. The second-order valence-electron chi connectivity index (χ2n) is 7.56. The number of Topliss-reactive ketones (excluding diaryl/α,β-unsaturated/α-hetero) is 1. The summed E-state index contributed by atoms with van der Waals surface area (Å²) in [7, 11) is 0. The van der Waals surface area contributed by atoms with Crippen LogP contribution < -0.4 is 4.90 Å². The number of hydrogen-bond acceptors (Lipinski definition) is 5. The SMILES string of the molecule is CC(=O)c1ccc(N2CCN(C(=O)c3cn(-c4ccccc4C(F)(F)F)nn3)CC2)c(F)c1. The Morgan fingerprint density at radius 2 is 1.67 bits per heavy atom. The van der Waals surface area contributed by atoms with Crippen molar-refractivity contribution in [2.75, 3.05) is 31.1 Å². The molecule has 172 valence electrons. The highest BCUT2D eigenvalue weighted by molar-refractivity contribution is 5.94. The Morgan fingerprint density at radius 1 is 0.970 bits per heavy atom. The van der Waals surface area contributed by atoms with Crippen LogP contribution in [0.3, 0.4) is 0 Å². The number of anilines is 1. The highest BCUT2D eigenvalue weighted by Crippen LogP contribution is 2.33. The number of aromatic nitrogens is 3. The first kappa shape index (κ1) is 22.4. The molecule has 0 unspecified atom stereocenters. The van der Waals surface area contributed by atoms with E-state index in [4.69, 9.17) is 0 Å². The summed E-state index contributed by atoms with van der Waals surface area (Å²) in [5.41, 5.74) is -0.592. The third kappa shape index (κ3) is 4.57. The molecule has 0 radical (unpaired) electrons. The molecule has 4 rings (SSSR count). The topological polar surface area (TPSA) is 71.3 Å². The van der Waals surface area contributed by atoms with Crippen LogP contribution in [0.15, 0.2) is 48.7 Å². The van der Waals surface area contributed by atoms with E-state index in [0.29, 0.717) is 18.8 Å². The van der Waals surface area contributed by atoms with Crippen molar-refractivity contribution in [3.8, 4) is 5.69 Å². The van der Waals surface area contributed by atoms with E-state index in [1.54, 1.807) is 11.0 Å². The number of nitrogens with zero attached hydrogens (tertiary/aromatic N) is 5. The highest BCUT2D eigenvalue weighted by Gasteiger charge is 2.34. The number of hydrogen-bond donors (Lipinski definition) is 0. The van der Waals surface area contributed by atoms with Crippen molar-refractivity contribution >= 4 is 17.4 Å². The molecule has 0 atom stereocenters. The second kappa shape index (κ2) is 8.64. The molecule has 1 saturated heterocycles. The summed E-state index contributed by atoms with van der Waals surface area (Å²) < 4.78 is 55.2. The molecule has 1 aliphatic rings. The van der Waals surface area contributed by atoms with Crippen LogP contribution in [0.25, 0.3) is 5.69 Å². The van der Waals surface area contributed by atoms with Gasteiger partial charge in [-0.1, -0.05) is 17.3 Å². The summed E-state index contributed by atoms with van der Waals surface area (Å²) in [6.07, 6.45) is -3.42. The molecule has 33 heavy (non-hydrogen) atoms. The van der Waals surface area contributed by atoms with Gasteiger partial charge in [0.15, 0.2) is 11.5 Å². The van der Waals surface area contributed by atoms with Crippen molar-refractivity contribution in [1.82, 2.24) is 19.9 Å². The Balaban J connectivity index is 1.46. The van der Waals surface area contributed by atoms with Crippen molar-refractivity contribution in [2.45, 2.75) is 13.1 Å². The van der Waals surface area contributed by atoms with E-state index < -0.39 is 23.5 Å². The predicted octanol–water partition coefficient (Wildman–Crippen LogP) is 3.59. The zero-order chi connectivity index (χ0) is 23.8. The summed E-state index contributed by atoms with van der Waals surface area (Å²) in [4.78, 5) is 27.5. The van der Waals surface area contributed by atoms with Crippen LogP contribution in [0.1, 0.15) is 33.3 Å². The van der Waals surface area contributed by atoms with Crippen molar-refractivity contribution in [1.29, 1.82) is 0 Å². The van der Waals surface area contributed by atoms with Crippen LogP contribution in [0, 0.1) is 5.82 Å². The minimum Gasteiger partial charge on any atom is -0.366 e. The van der Waals surface area contributed by atoms with Gasteiger partial charge in [-0.3, -0.25) is 9.59 Å². The number of rotatable bonds is 4. The van der Waals surface area contributed by atoms with Gasteiger partial charge in [0.1, 0.15) is 5.82 Å². The number of ketones is 1. The minimum atomic E-state index is -4.58. The molecule has 1 aliphatic heterocycles. The van der Waals surface area contributed by atoms with Gasteiger partial charge in [-0.2, -0.15) is 13.2 Å². The number of para-hydroxylation sites is 1. The van der Waals surface area contributed by atoms with Gasteiger partial charge < -0.3 is 9.80 Å². The van der Waals surface area contributed by atoms with Crippen LogP contribution in [0.5, 0.6) is 0 Å². The zero-order valence-corrected chi connectivity index (χ0v) is 17.5. The molecule has 0 spiro atoms. The predicted molar refractivity (Wildman–Crippen MR) is 111 cm³/mol. The number of amides is 1. The van der Waals surface area contributed by atoms with E-state index >= 15 is 0 Å². The van der Waals surface area contributed by atoms with E-state index in [9.17, 15) is 27.2 Å². The van der Waals surface area contributed by atoms with E-state index in [1.807, 2.05) is 0 Å². The van der Waals surface area contributed by atoms with Crippen LogP contribution in [0.2, 0.25) is 0 Å². The number of halogens is 4. The van der Waals surface area contributed by atoms with E-state index in [0.717, 1.165) is 10.7 Å². The van der Waals surface area contributed by atoms with Crippen LogP contribution in [-0.2, 0) is 6.18 Å². The van der Waals surface area contributed by atoms with E-state index in [-0.39, 0.29) is 35.8 Å². The summed E-state index contributed by atoms with van der Waals surface area (Å²) in [6, 6.07) is 9.16. The summed E-state index contributed by atoms with van der Waals surface area (Å²) >= 11 is 0. The van der Waals surface area contributed by atoms with Gasteiger partial charge in [0.25, 0.3) is 5.91 Å². The summed E-state index contributed by atoms with van der Waals surface area (Å²) in [6.45, 7) is 2.56. The first-order valence-corrected chi connectivity index (χ1v) is 10.1. The fourth-order valence-corrected chi connectivity index (χ4v) is 3.69. The van der Waals surface area contributed by atoms with Crippen molar-refractivity contribution in [2.24, 2.45) is 0 Å². The highest BCUT2D eigenvalue weighted by atomic mass is 19.4. The zero-order valence-electron chi connectivity index (χ0n) is 17.5. The fourth-order valence-electron chi connectivity index (χ4n) is 3.69. The maximum absolute atomic E-state index is 14.4. The number of alkyl halides is 3. The second-order valence-corrected chi connectivity index (χ2v) is 7.56. The maximum atomic E-state index is 14.4. The lowest BCUT2D eigenvalue weighted by Gasteiger charge is -2.35. The molecule has 1 fully saturated rings. The minimum absolute atomic E-state index is 0.0857. The Morgan fingerprint density at radius 3 is 2.30 bits per heavy atom. The number of carbonyl (C=O) groups is 2. The lowest BCUT2D eigenvalue weighted by Crippen LogP contribution is -2.49. The molecule has 2 heterocycles. The molecule has 3 aromatic rings. The standard InChI is InChI=1S/C22H19F4N5O2/c1-14(32)15-6-7-20(17(23)12-15)29-8-10-30(11-9-29)21(33)18-13-31(28-27-18)19-5-3-2-4-16(19)22(24,25)26/h2-7,12-13H,8-11H2,1H3. The van der Waals surface area contributed by atoms with Crippen molar-refractivity contribution < 1.29 is 27.2 Å². The summed E-state index contributed by atoms with van der Waals surface area (Å²) in [5.74, 6) is -1.23. The van der Waals surface area contributed by atoms with E-state index in [1.165, 1.54) is 48.4 Å². The van der Waals surface area contributed by atoms with Crippen LogP contribution in [-0.4, -0.2) is 57.8 Å². The maximum Gasteiger partial charge on any atom is 0.418 e. The van der Waals surface area contributed by atoms with Gasteiger partial charge in [0, 0.05) is 31.7 Å². The molecule has 0 saturated carbocycles. The van der Waals surface area contributed by atoms with Crippen LogP contribution >= 0.6 is 0 Å². The Hall–Kier alpha value is -3.76. The van der Waals surface area contributed by atoms with Crippen molar-refractivity contribution in [3.05, 3.63) is 71.3 Å². The Labute approximate surface area is 186 Å². The van der Waals surface area contributed by atoms with E-state index in [2.05, 4.69) is 10.3 Å². The molecule has 0 aliphatic carbocycles. The average Bonchev–Trinajstić information content (AvgIpc) is 3.28. The number of carbonyl (C=O) groups excluding carboxylic acids is 2. The third-order valence-corrected chi connectivity index (χ3v) is 5.43. The van der Waals surface area contributed by atoms with Gasteiger partial charge in [-0.15, -0.1) is 5.10 Å². The summed E-state index contributed by atoms with van der Waals surface area (Å²) in [5, 5.41) is 7.46. The quantitative estimate of drug-likeness (QED) is 0.439. The first-order chi connectivity index (χ1) is 15.6. The van der Waals surface area contributed by atoms with Gasteiger partial charge in [-0.25, -0.2) is 9.07 Å². The molecule has 11 heteroatoms. The van der Waals surface area contributed by atoms with Crippen molar-refractivity contribution in [3.63, 3.8) is 0 Å². The van der Waals surface area contributed by atoms with Crippen LogP contribution in [0.4, 0.5) is 23.2 Å². The third-order valence-electron chi connectivity index (χ3n) is 5.43. The number of benzene rings is 2. The average molecular weight is 461 g/mol. The molecule has 0 bridgehead atoms. The van der Waals surface area contributed by atoms with Gasteiger partial charge in [0.2, 0.25) is 0 Å². The smallest absolute Gasteiger partial charge is 0.366 e. The van der Waals surface area contributed by atoms with Gasteiger partial charge >= 0.3 is 6.18 Å². The monoisotopic (exact) mass is 461 g/mol. The molecule has 0 N–H and O–H groups in total. The molecular formula is C22H19F4N5O2. The molecule has 7 nitrogen and oxygen atoms in total. The van der Waals surface area contributed by atoms with Gasteiger partial charge in [0.05, 0.1) is 23.1 Å². The van der Waals surface area contributed by atoms with Gasteiger partial charge in [-0.05, 0) is 37.3 Å². The molecular weight excluding hydrogens is 442 g/mol. The molecule has 2 aromatic carbocycles. The first-order valence-electron chi connectivity index (χ1n) is 10.1. The normalized spacial score (nSPS) is 14.5. The lowest BCUT2D eigenvalue weighted by molar-refractivity contribution is -0.137.